The van der Waals surface area contributed by atoms with Gasteiger partial charge in [0.2, 0.25) is 0 Å². The molecule has 0 aliphatic heterocycles. The van der Waals surface area contributed by atoms with Crippen molar-refractivity contribution in [3.8, 4) is 0 Å². The fourth-order valence-corrected chi connectivity index (χ4v) is 2.51. The highest BCUT2D eigenvalue weighted by Gasteiger charge is 2.33. The smallest absolute Gasteiger partial charge is 0.350 e. The summed E-state index contributed by atoms with van der Waals surface area (Å²) in [6.45, 7) is 1.62. The summed E-state index contributed by atoms with van der Waals surface area (Å²) in [7, 11) is 0. The first-order valence-corrected chi connectivity index (χ1v) is 7.60. The van der Waals surface area contributed by atoms with Crippen LogP contribution >= 0.6 is 0 Å². The lowest BCUT2D eigenvalue weighted by Crippen LogP contribution is -2.27. The molecule has 5 nitrogen and oxygen atoms in total. The van der Waals surface area contributed by atoms with Gasteiger partial charge >= 0.3 is 6.18 Å². The number of pyridine rings is 1. The molecule has 3 heterocycles. The number of rotatable bonds is 4. The highest BCUT2D eigenvalue weighted by molar-refractivity contribution is 5.94. The predicted octanol–water partition coefficient (Wildman–Crippen LogP) is 3.03. The van der Waals surface area contributed by atoms with Crippen molar-refractivity contribution < 1.29 is 18.0 Å². The van der Waals surface area contributed by atoms with E-state index < -0.39 is 11.9 Å². The number of nitrogens with zero attached hydrogens (tertiary/aromatic N) is 3. The molecule has 0 aliphatic carbocycles. The maximum absolute atomic E-state index is 12.8. The predicted molar refractivity (Wildman–Crippen MR) is 85.2 cm³/mol. The molecule has 0 unspecified atom stereocenters. The molecule has 1 N–H and O–H groups in total. The third-order valence-electron chi connectivity index (χ3n) is 3.62. The second kappa shape index (κ2) is 6.54. The van der Waals surface area contributed by atoms with E-state index in [1.165, 1.54) is 6.92 Å². The first-order valence-electron chi connectivity index (χ1n) is 7.60. The van der Waals surface area contributed by atoms with Crippen LogP contribution in [0.3, 0.4) is 0 Å². The maximum Gasteiger partial charge on any atom is 0.433 e. The van der Waals surface area contributed by atoms with Crippen LogP contribution in [0.1, 0.15) is 27.7 Å². The van der Waals surface area contributed by atoms with Gasteiger partial charge in [0.25, 0.3) is 5.91 Å². The number of nitrogens with one attached hydrogen (secondary N) is 1. The van der Waals surface area contributed by atoms with Gasteiger partial charge in [0.1, 0.15) is 17.2 Å². The van der Waals surface area contributed by atoms with E-state index >= 15 is 0 Å². The number of aryl methyl sites for hydroxylation is 1. The highest BCUT2D eigenvalue weighted by Crippen LogP contribution is 2.27. The number of carbonyl (C=O) groups is 1. The van der Waals surface area contributed by atoms with E-state index in [4.69, 9.17) is 0 Å². The van der Waals surface area contributed by atoms with Crippen molar-refractivity contribution in [3.05, 3.63) is 65.5 Å². The lowest BCUT2D eigenvalue weighted by atomic mass is 10.3. The summed E-state index contributed by atoms with van der Waals surface area (Å²) in [6, 6.07) is 9.95. The number of carbonyl (C=O) groups excluding carboxylic acids is 1. The second-order valence-electron chi connectivity index (χ2n) is 5.53. The van der Waals surface area contributed by atoms with Gasteiger partial charge in [-0.25, -0.2) is 9.97 Å². The summed E-state index contributed by atoms with van der Waals surface area (Å²) in [5.41, 5.74) is 0.598. The number of hydrogen-bond donors (Lipinski definition) is 1. The molecule has 0 radical (unpaired) electrons. The van der Waals surface area contributed by atoms with Gasteiger partial charge in [-0.2, -0.15) is 13.2 Å². The second-order valence-corrected chi connectivity index (χ2v) is 5.53. The zero-order valence-electron chi connectivity index (χ0n) is 13.3. The zero-order chi connectivity index (χ0) is 18.0. The van der Waals surface area contributed by atoms with Gasteiger partial charge < -0.3 is 9.72 Å². The molecule has 1 amide bonds. The molecule has 0 saturated heterocycles. The average molecular weight is 348 g/mol. The Morgan fingerprint density at radius 3 is 2.76 bits per heavy atom. The molecule has 3 aromatic heterocycles. The van der Waals surface area contributed by atoms with Gasteiger partial charge in [0.05, 0.1) is 0 Å². The van der Waals surface area contributed by atoms with Crippen molar-refractivity contribution in [1.82, 2.24) is 19.7 Å². The molecule has 25 heavy (non-hydrogen) atoms. The molecule has 0 spiro atoms. The van der Waals surface area contributed by atoms with Gasteiger partial charge in [-0.15, -0.1) is 0 Å². The summed E-state index contributed by atoms with van der Waals surface area (Å²) in [6.07, 6.45) is -2.64. The van der Waals surface area contributed by atoms with E-state index in [1.807, 2.05) is 24.3 Å². The molecule has 3 rings (SSSR count). The molecular weight excluding hydrogens is 333 g/mol. The Morgan fingerprint density at radius 1 is 1.20 bits per heavy atom. The number of hydrogen-bond acceptors (Lipinski definition) is 3. The Morgan fingerprint density at radius 2 is 2.00 bits per heavy atom. The lowest BCUT2D eigenvalue weighted by Gasteiger charge is -2.09. The van der Waals surface area contributed by atoms with Crippen LogP contribution in [0.25, 0.3) is 5.52 Å². The number of fused-ring (bicyclic) bond motifs is 1. The molecule has 0 aromatic carbocycles. The van der Waals surface area contributed by atoms with Crippen LogP contribution in [-0.2, 0) is 12.6 Å². The summed E-state index contributed by atoms with van der Waals surface area (Å²) in [5, 5.41) is 2.68. The third-order valence-corrected chi connectivity index (χ3v) is 3.62. The normalized spacial score (nSPS) is 11.7. The summed E-state index contributed by atoms with van der Waals surface area (Å²) < 4.78 is 40.0. The summed E-state index contributed by atoms with van der Waals surface area (Å²) in [5.74, 6) is -0.262. The summed E-state index contributed by atoms with van der Waals surface area (Å²) in [4.78, 5) is 19.8. The van der Waals surface area contributed by atoms with Crippen molar-refractivity contribution in [1.29, 1.82) is 0 Å². The van der Waals surface area contributed by atoms with Gasteiger partial charge in [-0.3, -0.25) is 4.79 Å². The molecule has 0 fully saturated rings. The van der Waals surface area contributed by atoms with Crippen LogP contribution in [0.4, 0.5) is 13.2 Å². The van der Waals surface area contributed by atoms with Crippen LogP contribution in [0.15, 0.2) is 42.6 Å². The molecule has 0 saturated carbocycles. The van der Waals surface area contributed by atoms with Crippen molar-refractivity contribution in [3.63, 3.8) is 0 Å². The van der Waals surface area contributed by atoms with E-state index in [1.54, 1.807) is 16.7 Å². The lowest BCUT2D eigenvalue weighted by molar-refractivity contribution is -0.141. The quantitative estimate of drug-likeness (QED) is 0.788. The molecular formula is C17H15F3N4O. The van der Waals surface area contributed by atoms with Crippen molar-refractivity contribution >= 4 is 11.4 Å². The van der Waals surface area contributed by atoms with Gasteiger partial charge in [-0.1, -0.05) is 6.07 Å². The molecule has 0 aliphatic rings. The number of alkyl halides is 3. The number of halogens is 3. The van der Waals surface area contributed by atoms with Gasteiger partial charge in [-0.05, 0) is 37.3 Å². The van der Waals surface area contributed by atoms with E-state index in [9.17, 15) is 18.0 Å². The fourth-order valence-electron chi connectivity index (χ4n) is 2.51. The Labute approximate surface area is 141 Å². The third kappa shape index (κ3) is 3.78. The van der Waals surface area contributed by atoms with E-state index in [0.29, 0.717) is 5.69 Å². The minimum atomic E-state index is -4.52. The van der Waals surface area contributed by atoms with Crippen molar-refractivity contribution in [2.45, 2.75) is 19.5 Å². The zero-order valence-corrected chi connectivity index (χ0v) is 13.3. The topological polar surface area (TPSA) is 59.3 Å². The van der Waals surface area contributed by atoms with Crippen LogP contribution in [0, 0.1) is 6.92 Å². The standard InChI is InChI=1S/C17H15F3N4O/c1-11-10-14(17(18,19)20)23-15(22-11)7-8-21-16(25)13-6-5-12-4-2-3-9-24(12)13/h2-6,9-10H,7-8H2,1H3,(H,21,25). The molecule has 3 aromatic rings. The monoisotopic (exact) mass is 348 g/mol. The maximum atomic E-state index is 12.8. The average Bonchev–Trinajstić information content (AvgIpc) is 2.97. The van der Waals surface area contributed by atoms with E-state index in [2.05, 4.69) is 15.3 Å². The molecule has 0 atom stereocenters. The Balaban J connectivity index is 1.67. The molecule has 130 valence electrons. The van der Waals surface area contributed by atoms with Crippen molar-refractivity contribution in [2.24, 2.45) is 0 Å². The molecule has 0 bridgehead atoms. The fraction of sp³-hybridized carbons (Fsp3) is 0.235. The Kier molecular flexibility index (Phi) is 4.43. The highest BCUT2D eigenvalue weighted by atomic mass is 19.4. The van der Waals surface area contributed by atoms with Crippen molar-refractivity contribution in [2.75, 3.05) is 6.54 Å². The van der Waals surface area contributed by atoms with Crippen LogP contribution in [-0.4, -0.2) is 26.8 Å². The first kappa shape index (κ1) is 16.9. The van der Waals surface area contributed by atoms with Gasteiger partial charge in [0.15, 0.2) is 0 Å². The number of aromatic nitrogens is 3. The van der Waals surface area contributed by atoms with E-state index in [0.717, 1.165) is 11.6 Å². The first-order chi connectivity index (χ1) is 11.8. The number of amides is 1. The van der Waals surface area contributed by atoms with Crippen LogP contribution in [0.2, 0.25) is 0 Å². The van der Waals surface area contributed by atoms with Gasteiger partial charge in [0, 0.05) is 30.4 Å². The van der Waals surface area contributed by atoms with E-state index in [-0.39, 0.29) is 30.4 Å². The summed E-state index contributed by atoms with van der Waals surface area (Å²) >= 11 is 0. The largest absolute Gasteiger partial charge is 0.433 e. The van der Waals surface area contributed by atoms with Crippen LogP contribution < -0.4 is 5.32 Å². The SMILES string of the molecule is Cc1cc(C(F)(F)F)nc(CCNC(=O)c2ccc3ccccn23)n1. The Bertz CT molecular complexity index is 918. The molecule has 8 heteroatoms. The Hall–Kier alpha value is -2.90. The van der Waals surface area contributed by atoms with Crippen LogP contribution in [0.5, 0.6) is 0 Å². The minimum Gasteiger partial charge on any atom is -0.350 e. The minimum absolute atomic E-state index is 0.0487.